The maximum Gasteiger partial charge on any atom is 0.321 e. The minimum atomic E-state index is -0.858. The lowest BCUT2D eigenvalue weighted by Gasteiger charge is -2.09. The number of nitrogens with one attached hydrogen (secondary N) is 2. The van der Waals surface area contributed by atoms with Crippen molar-refractivity contribution in [2.45, 2.75) is 19.4 Å². The van der Waals surface area contributed by atoms with E-state index < -0.39 is 12.1 Å². The fourth-order valence-electron chi connectivity index (χ4n) is 1.44. The molecule has 0 radical (unpaired) electrons. The lowest BCUT2D eigenvalue weighted by molar-refractivity contribution is 0.149. The van der Waals surface area contributed by atoms with Crippen molar-refractivity contribution in [3.05, 3.63) is 35.2 Å². The maximum absolute atomic E-state index is 11.6. The molecule has 0 aliphatic rings. The van der Waals surface area contributed by atoms with Crippen LogP contribution in [0.5, 0.6) is 0 Å². The van der Waals surface area contributed by atoms with Crippen molar-refractivity contribution in [1.29, 1.82) is 0 Å². The molecular weight excluding hydrogens is 266 g/mol. The van der Waals surface area contributed by atoms with E-state index in [1.54, 1.807) is 12.1 Å². The van der Waals surface area contributed by atoms with Crippen LogP contribution in [0, 0.1) is 0 Å². The number of aromatic nitrogens is 1. The Morgan fingerprint density at radius 3 is 3.11 bits per heavy atom. The van der Waals surface area contributed by atoms with Crippen molar-refractivity contribution < 1.29 is 14.3 Å². The first-order valence-electron chi connectivity index (χ1n) is 5.89. The van der Waals surface area contributed by atoms with Crippen LogP contribution in [0.25, 0.3) is 0 Å². The van der Waals surface area contributed by atoms with Gasteiger partial charge in [0.1, 0.15) is 11.9 Å². The summed E-state index contributed by atoms with van der Waals surface area (Å²) < 4.78 is 5.03. The van der Waals surface area contributed by atoms with Gasteiger partial charge in [0.15, 0.2) is 5.13 Å². The van der Waals surface area contributed by atoms with Crippen LogP contribution in [0.2, 0.25) is 0 Å². The smallest absolute Gasteiger partial charge is 0.321 e. The zero-order chi connectivity index (χ0) is 13.7. The summed E-state index contributed by atoms with van der Waals surface area (Å²) in [5, 5.41) is 17.3. The zero-order valence-electron chi connectivity index (χ0n) is 10.4. The molecule has 7 heteroatoms. The first-order valence-corrected chi connectivity index (χ1v) is 6.77. The summed E-state index contributed by atoms with van der Waals surface area (Å²) in [4.78, 5) is 15.8. The van der Waals surface area contributed by atoms with Gasteiger partial charge in [0.2, 0.25) is 0 Å². The lowest BCUT2D eigenvalue weighted by Crippen LogP contribution is -2.32. The van der Waals surface area contributed by atoms with Gasteiger partial charge in [-0.25, -0.2) is 9.78 Å². The number of nitrogens with zero attached hydrogens (tertiary/aromatic N) is 1. The number of anilines is 1. The highest BCUT2D eigenvalue weighted by Gasteiger charge is 2.12. The molecule has 0 aliphatic heterocycles. The highest BCUT2D eigenvalue weighted by molar-refractivity contribution is 7.13. The van der Waals surface area contributed by atoms with Gasteiger partial charge in [-0.15, -0.1) is 11.3 Å². The van der Waals surface area contributed by atoms with Gasteiger partial charge in [-0.1, -0.05) is 6.92 Å². The summed E-state index contributed by atoms with van der Waals surface area (Å²) in [5.74, 6) is 0.419. The van der Waals surface area contributed by atoms with Crippen LogP contribution in [0.4, 0.5) is 9.93 Å². The van der Waals surface area contributed by atoms with Crippen LogP contribution >= 0.6 is 11.3 Å². The molecule has 0 aromatic carbocycles. The SMILES string of the molecule is CCc1csc(NC(=O)NCC(O)c2ccco2)n1. The van der Waals surface area contributed by atoms with Crippen molar-refractivity contribution in [1.82, 2.24) is 10.3 Å². The number of hydrogen-bond acceptors (Lipinski definition) is 5. The van der Waals surface area contributed by atoms with Crippen molar-refractivity contribution in [3.63, 3.8) is 0 Å². The second kappa shape index (κ2) is 6.35. The molecule has 0 saturated carbocycles. The number of rotatable bonds is 5. The van der Waals surface area contributed by atoms with Gasteiger partial charge < -0.3 is 14.8 Å². The molecule has 0 fully saturated rings. The van der Waals surface area contributed by atoms with E-state index in [0.29, 0.717) is 10.9 Å². The summed E-state index contributed by atoms with van der Waals surface area (Å²) in [6.45, 7) is 2.07. The number of carbonyl (C=O) groups excluding carboxylic acids is 1. The molecule has 19 heavy (non-hydrogen) atoms. The summed E-state index contributed by atoms with van der Waals surface area (Å²) in [6.07, 6.45) is 1.44. The normalized spacial score (nSPS) is 12.1. The fraction of sp³-hybridized carbons (Fsp3) is 0.333. The van der Waals surface area contributed by atoms with Crippen LogP contribution in [-0.4, -0.2) is 22.7 Å². The summed E-state index contributed by atoms with van der Waals surface area (Å²) in [6, 6.07) is 2.93. The molecule has 0 spiro atoms. The van der Waals surface area contributed by atoms with Gasteiger partial charge in [0.25, 0.3) is 0 Å². The van der Waals surface area contributed by atoms with Crippen LogP contribution in [-0.2, 0) is 6.42 Å². The number of hydrogen-bond donors (Lipinski definition) is 3. The Kier molecular flexibility index (Phi) is 4.53. The Balaban J connectivity index is 1.78. The van der Waals surface area contributed by atoms with Crippen molar-refractivity contribution in [2.24, 2.45) is 0 Å². The van der Waals surface area contributed by atoms with Crippen molar-refractivity contribution >= 4 is 22.5 Å². The minimum Gasteiger partial charge on any atom is -0.467 e. The number of furan rings is 1. The van der Waals surface area contributed by atoms with E-state index in [4.69, 9.17) is 4.42 Å². The maximum atomic E-state index is 11.6. The molecule has 2 amide bonds. The van der Waals surface area contributed by atoms with Gasteiger partial charge >= 0.3 is 6.03 Å². The Morgan fingerprint density at radius 1 is 1.63 bits per heavy atom. The average molecular weight is 281 g/mol. The number of aliphatic hydroxyl groups excluding tert-OH is 1. The minimum absolute atomic E-state index is 0.0748. The highest BCUT2D eigenvalue weighted by Crippen LogP contribution is 2.15. The number of thiazole rings is 1. The van der Waals surface area contributed by atoms with E-state index in [9.17, 15) is 9.90 Å². The summed E-state index contributed by atoms with van der Waals surface area (Å²) >= 11 is 1.37. The van der Waals surface area contributed by atoms with Gasteiger partial charge in [-0.05, 0) is 18.6 Å². The Labute approximate surface area is 114 Å². The van der Waals surface area contributed by atoms with E-state index in [0.717, 1.165) is 12.1 Å². The molecule has 0 aliphatic carbocycles. The third kappa shape index (κ3) is 3.80. The molecule has 0 saturated heterocycles. The van der Waals surface area contributed by atoms with Gasteiger partial charge in [0.05, 0.1) is 18.5 Å². The average Bonchev–Trinajstić information content (AvgIpc) is 3.06. The number of aryl methyl sites for hydroxylation is 1. The first-order chi connectivity index (χ1) is 9.19. The topological polar surface area (TPSA) is 87.4 Å². The Hall–Kier alpha value is -1.86. The predicted molar refractivity (Wildman–Crippen MR) is 72.2 cm³/mol. The Bertz CT molecular complexity index is 524. The van der Waals surface area contributed by atoms with E-state index in [2.05, 4.69) is 15.6 Å². The zero-order valence-corrected chi connectivity index (χ0v) is 11.2. The molecule has 2 rings (SSSR count). The lowest BCUT2D eigenvalue weighted by atomic mass is 10.3. The molecule has 2 aromatic heterocycles. The van der Waals surface area contributed by atoms with Gasteiger partial charge in [-0.2, -0.15) is 0 Å². The summed E-state index contributed by atoms with van der Waals surface area (Å²) in [5.41, 5.74) is 0.941. The third-order valence-corrected chi connectivity index (χ3v) is 3.27. The molecule has 6 nitrogen and oxygen atoms in total. The first kappa shape index (κ1) is 13.6. The monoisotopic (exact) mass is 281 g/mol. The molecule has 0 bridgehead atoms. The largest absolute Gasteiger partial charge is 0.467 e. The molecule has 2 heterocycles. The van der Waals surface area contributed by atoms with Crippen LogP contribution in [0.1, 0.15) is 24.5 Å². The van der Waals surface area contributed by atoms with Gasteiger partial charge in [-0.3, -0.25) is 5.32 Å². The second-order valence-corrected chi connectivity index (χ2v) is 4.72. The van der Waals surface area contributed by atoms with E-state index in [-0.39, 0.29) is 6.54 Å². The third-order valence-electron chi connectivity index (χ3n) is 2.46. The molecule has 3 N–H and O–H groups in total. The van der Waals surface area contributed by atoms with Crippen LogP contribution in [0.3, 0.4) is 0 Å². The molecule has 102 valence electrons. The van der Waals surface area contributed by atoms with Crippen molar-refractivity contribution in [3.8, 4) is 0 Å². The Morgan fingerprint density at radius 2 is 2.47 bits per heavy atom. The number of amides is 2. The molecule has 1 atom stereocenters. The predicted octanol–water partition coefficient (Wildman–Crippen LogP) is 2.15. The van der Waals surface area contributed by atoms with Crippen LogP contribution < -0.4 is 10.6 Å². The number of carbonyl (C=O) groups is 1. The fourth-order valence-corrected chi connectivity index (χ4v) is 2.23. The quantitative estimate of drug-likeness (QED) is 0.783. The van der Waals surface area contributed by atoms with E-state index in [1.807, 2.05) is 12.3 Å². The summed E-state index contributed by atoms with van der Waals surface area (Å²) in [7, 11) is 0. The standard InChI is InChI=1S/C12H15N3O3S/c1-2-8-7-19-12(14-8)15-11(17)13-6-9(16)10-4-3-5-18-10/h3-5,7,9,16H,2,6H2,1H3,(H2,13,14,15,17). The number of urea groups is 1. The molecule has 2 aromatic rings. The van der Waals surface area contributed by atoms with Gasteiger partial charge in [0, 0.05) is 5.38 Å². The van der Waals surface area contributed by atoms with E-state index in [1.165, 1.54) is 17.6 Å². The van der Waals surface area contributed by atoms with Crippen LogP contribution in [0.15, 0.2) is 28.2 Å². The van der Waals surface area contributed by atoms with E-state index >= 15 is 0 Å². The number of aliphatic hydroxyl groups is 1. The van der Waals surface area contributed by atoms with Crippen molar-refractivity contribution in [2.75, 3.05) is 11.9 Å². The highest BCUT2D eigenvalue weighted by atomic mass is 32.1. The molecule has 1 unspecified atom stereocenters. The second-order valence-electron chi connectivity index (χ2n) is 3.86. The molecular formula is C12H15N3O3S.